The summed E-state index contributed by atoms with van der Waals surface area (Å²) in [5, 5.41) is 4.17. The summed E-state index contributed by atoms with van der Waals surface area (Å²) in [6.07, 6.45) is 3.67. The first kappa shape index (κ1) is 18.2. The highest BCUT2D eigenvalue weighted by molar-refractivity contribution is 6.01. The van der Waals surface area contributed by atoms with Gasteiger partial charge in [0.1, 0.15) is 17.0 Å². The summed E-state index contributed by atoms with van der Waals surface area (Å²) in [7, 11) is 3.50. The molecule has 1 aromatic carbocycles. The number of ether oxygens (including phenoxy) is 2. The van der Waals surface area contributed by atoms with Crippen molar-refractivity contribution in [1.82, 2.24) is 10.1 Å². The molecule has 1 amide bonds. The molecule has 27 heavy (non-hydrogen) atoms. The van der Waals surface area contributed by atoms with E-state index in [4.69, 9.17) is 14.0 Å². The van der Waals surface area contributed by atoms with E-state index in [2.05, 4.69) is 5.16 Å². The lowest BCUT2D eigenvalue weighted by molar-refractivity contribution is -0.0893. The number of likely N-dealkylation sites (tertiary alicyclic amines) is 1. The lowest BCUT2D eigenvalue weighted by Gasteiger charge is -2.43. The second-order valence-corrected chi connectivity index (χ2v) is 7.49. The van der Waals surface area contributed by atoms with Crippen LogP contribution in [0.2, 0.25) is 0 Å². The number of hydrogen-bond donors (Lipinski definition) is 0. The molecule has 144 valence electrons. The molecule has 0 N–H and O–H groups in total. The molecular weight excluding hydrogens is 344 g/mol. The molecule has 4 rings (SSSR count). The van der Waals surface area contributed by atoms with Gasteiger partial charge in [-0.3, -0.25) is 4.79 Å². The number of rotatable bonds is 4. The van der Waals surface area contributed by atoms with Gasteiger partial charge >= 0.3 is 0 Å². The van der Waals surface area contributed by atoms with Crippen molar-refractivity contribution in [3.05, 3.63) is 41.7 Å². The number of aryl methyl sites for hydroxylation is 1. The van der Waals surface area contributed by atoms with Gasteiger partial charge in [-0.15, -0.1) is 0 Å². The molecule has 2 aliphatic rings. The van der Waals surface area contributed by atoms with E-state index in [0.29, 0.717) is 23.6 Å². The predicted molar refractivity (Wildman–Crippen MR) is 101 cm³/mol. The monoisotopic (exact) mass is 370 g/mol. The topological polar surface area (TPSA) is 64.8 Å². The Morgan fingerprint density at radius 2 is 2.04 bits per heavy atom. The van der Waals surface area contributed by atoms with Crippen LogP contribution >= 0.6 is 0 Å². The first-order valence-corrected chi connectivity index (χ1v) is 9.50. The van der Waals surface area contributed by atoms with Crippen molar-refractivity contribution in [1.29, 1.82) is 0 Å². The Morgan fingerprint density at radius 1 is 1.26 bits per heavy atom. The van der Waals surface area contributed by atoms with Gasteiger partial charge in [0, 0.05) is 26.3 Å². The number of nitrogens with zero attached hydrogens (tertiary/aromatic N) is 2. The third kappa shape index (κ3) is 2.97. The third-order valence-electron chi connectivity index (χ3n) is 6.26. The van der Waals surface area contributed by atoms with Crippen LogP contribution in [0.4, 0.5) is 0 Å². The zero-order chi connectivity index (χ0) is 19.0. The molecule has 6 nitrogen and oxygen atoms in total. The molecule has 3 atom stereocenters. The standard InChI is InChI=1S/C21H26N2O4/c1-14-18(19(22-27-14)15-7-5-4-6-8-15)20(24)23-12-11-21(26-3)10-9-16(25-2)13-17(21)23/h4-8,16-17H,9-13H2,1-3H3/t16-,17-,21+/m0/s1. The van der Waals surface area contributed by atoms with Crippen LogP contribution in [-0.2, 0) is 9.47 Å². The Kier molecular flexibility index (Phi) is 4.78. The molecule has 2 heterocycles. The summed E-state index contributed by atoms with van der Waals surface area (Å²) in [6.45, 7) is 2.47. The Bertz CT molecular complexity index is 819. The van der Waals surface area contributed by atoms with Crippen LogP contribution in [0.25, 0.3) is 11.3 Å². The van der Waals surface area contributed by atoms with E-state index in [1.54, 1.807) is 21.1 Å². The molecule has 1 aliphatic carbocycles. The molecule has 1 saturated carbocycles. The van der Waals surface area contributed by atoms with Crippen LogP contribution in [0.5, 0.6) is 0 Å². The molecule has 0 spiro atoms. The van der Waals surface area contributed by atoms with Gasteiger partial charge in [-0.2, -0.15) is 0 Å². The van der Waals surface area contributed by atoms with Crippen LogP contribution in [0, 0.1) is 6.92 Å². The maximum atomic E-state index is 13.6. The van der Waals surface area contributed by atoms with E-state index in [9.17, 15) is 4.79 Å². The Labute approximate surface area is 159 Å². The number of aromatic nitrogens is 1. The average molecular weight is 370 g/mol. The van der Waals surface area contributed by atoms with E-state index in [1.807, 2.05) is 35.2 Å². The predicted octanol–water partition coefficient (Wildman–Crippen LogP) is 3.45. The molecule has 0 bridgehead atoms. The van der Waals surface area contributed by atoms with Crippen molar-refractivity contribution < 1.29 is 18.8 Å². The minimum Gasteiger partial charge on any atom is -0.381 e. The summed E-state index contributed by atoms with van der Waals surface area (Å²) >= 11 is 0. The first-order valence-electron chi connectivity index (χ1n) is 9.50. The maximum absolute atomic E-state index is 13.6. The molecule has 2 fully saturated rings. The van der Waals surface area contributed by atoms with Crippen LogP contribution in [-0.4, -0.2) is 54.5 Å². The van der Waals surface area contributed by atoms with Gasteiger partial charge < -0.3 is 18.9 Å². The number of carbonyl (C=O) groups excluding carboxylic acids is 1. The van der Waals surface area contributed by atoms with Crippen molar-refractivity contribution in [2.45, 2.75) is 50.4 Å². The van der Waals surface area contributed by atoms with E-state index in [-0.39, 0.29) is 23.7 Å². The summed E-state index contributed by atoms with van der Waals surface area (Å²) in [4.78, 5) is 15.5. The zero-order valence-corrected chi connectivity index (χ0v) is 16.1. The van der Waals surface area contributed by atoms with Crippen molar-refractivity contribution >= 4 is 5.91 Å². The van der Waals surface area contributed by atoms with Gasteiger partial charge in [0.05, 0.1) is 17.7 Å². The second kappa shape index (κ2) is 7.09. The molecule has 0 radical (unpaired) electrons. The van der Waals surface area contributed by atoms with Crippen molar-refractivity contribution in [3.63, 3.8) is 0 Å². The Hall–Kier alpha value is -2.18. The minimum absolute atomic E-state index is 0.00613. The maximum Gasteiger partial charge on any atom is 0.260 e. The van der Waals surface area contributed by atoms with Crippen molar-refractivity contribution in [2.75, 3.05) is 20.8 Å². The summed E-state index contributed by atoms with van der Waals surface area (Å²) < 4.78 is 17.0. The summed E-state index contributed by atoms with van der Waals surface area (Å²) in [5.41, 5.74) is 1.76. The van der Waals surface area contributed by atoms with Gasteiger partial charge in [0.15, 0.2) is 0 Å². The number of methoxy groups -OCH3 is 2. The second-order valence-electron chi connectivity index (χ2n) is 7.49. The highest BCUT2D eigenvalue weighted by atomic mass is 16.5. The third-order valence-corrected chi connectivity index (χ3v) is 6.26. The zero-order valence-electron chi connectivity index (χ0n) is 16.1. The number of fused-ring (bicyclic) bond motifs is 1. The van der Waals surface area contributed by atoms with Gasteiger partial charge in [-0.1, -0.05) is 35.5 Å². The van der Waals surface area contributed by atoms with Gasteiger partial charge in [-0.05, 0) is 32.6 Å². The fourth-order valence-corrected chi connectivity index (χ4v) is 4.68. The molecule has 1 aromatic heterocycles. The fourth-order valence-electron chi connectivity index (χ4n) is 4.68. The molecular formula is C21H26N2O4. The van der Waals surface area contributed by atoms with Crippen molar-refractivity contribution in [3.8, 4) is 11.3 Å². The van der Waals surface area contributed by atoms with Gasteiger partial charge in [0.2, 0.25) is 0 Å². The molecule has 1 saturated heterocycles. The molecule has 0 unspecified atom stereocenters. The summed E-state index contributed by atoms with van der Waals surface area (Å²) in [6, 6.07) is 9.70. The van der Waals surface area contributed by atoms with Crippen LogP contribution in [0.15, 0.2) is 34.9 Å². The number of benzene rings is 1. The van der Waals surface area contributed by atoms with Crippen molar-refractivity contribution in [2.24, 2.45) is 0 Å². The van der Waals surface area contributed by atoms with Gasteiger partial charge in [-0.25, -0.2) is 0 Å². The van der Waals surface area contributed by atoms with Crippen LogP contribution in [0.3, 0.4) is 0 Å². The molecule has 6 heteroatoms. The normalized spacial score (nSPS) is 27.6. The largest absolute Gasteiger partial charge is 0.381 e. The van der Waals surface area contributed by atoms with E-state index in [1.165, 1.54) is 0 Å². The number of hydrogen-bond acceptors (Lipinski definition) is 5. The summed E-state index contributed by atoms with van der Waals surface area (Å²) in [5.74, 6) is 0.515. The Balaban J connectivity index is 1.69. The lowest BCUT2D eigenvalue weighted by Crippen LogP contribution is -2.53. The van der Waals surface area contributed by atoms with Crippen LogP contribution in [0.1, 0.15) is 41.8 Å². The highest BCUT2D eigenvalue weighted by Gasteiger charge is 2.53. The van der Waals surface area contributed by atoms with Gasteiger partial charge in [0.25, 0.3) is 5.91 Å². The average Bonchev–Trinajstić information content (AvgIpc) is 3.28. The molecule has 2 aromatic rings. The van der Waals surface area contributed by atoms with E-state index in [0.717, 1.165) is 31.2 Å². The number of carbonyl (C=O) groups is 1. The first-order chi connectivity index (χ1) is 13.1. The minimum atomic E-state index is -0.275. The fraction of sp³-hybridized carbons (Fsp3) is 0.524. The van der Waals surface area contributed by atoms with E-state index < -0.39 is 0 Å². The van der Waals surface area contributed by atoms with E-state index >= 15 is 0 Å². The smallest absolute Gasteiger partial charge is 0.260 e. The lowest BCUT2D eigenvalue weighted by atomic mass is 9.79. The Morgan fingerprint density at radius 3 is 2.74 bits per heavy atom. The SMILES string of the molecule is CO[C@H]1CC[C@@]2(OC)CCN(C(=O)c3c(-c4ccccc4)noc3C)[C@H]2C1. The molecule has 1 aliphatic heterocycles. The van der Waals surface area contributed by atoms with Crippen LogP contribution < -0.4 is 0 Å². The number of amides is 1. The quantitative estimate of drug-likeness (QED) is 0.825. The highest BCUT2D eigenvalue weighted by Crippen LogP contribution is 2.44.